The quantitative estimate of drug-likeness (QED) is 0.177. The van der Waals surface area contributed by atoms with Crippen LogP contribution in [0.25, 0.3) is 39.2 Å². The summed E-state index contributed by atoms with van der Waals surface area (Å²) in [5, 5.41) is 3.63. The van der Waals surface area contributed by atoms with Crippen LogP contribution in [-0.4, -0.2) is 16.0 Å². The third kappa shape index (κ3) is 5.64. The van der Waals surface area contributed by atoms with Crippen molar-refractivity contribution < 1.29 is 4.74 Å². The van der Waals surface area contributed by atoms with Crippen molar-refractivity contribution in [2.24, 2.45) is 5.92 Å². The highest BCUT2D eigenvalue weighted by atomic mass is 16.5. The van der Waals surface area contributed by atoms with Gasteiger partial charge in [0.25, 0.3) is 0 Å². The molecular formula is C48H40N4O. The molecule has 1 N–H and O–H groups in total. The van der Waals surface area contributed by atoms with E-state index in [1.165, 1.54) is 33.6 Å². The van der Waals surface area contributed by atoms with Crippen molar-refractivity contribution in [3.8, 4) is 39.4 Å². The second-order valence-corrected chi connectivity index (χ2v) is 14.5. The molecule has 0 saturated heterocycles. The third-order valence-electron chi connectivity index (χ3n) is 11.3. The van der Waals surface area contributed by atoms with E-state index in [-0.39, 0.29) is 12.1 Å². The lowest BCUT2D eigenvalue weighted by Crippen LogP contribution is -2.30. The van der Waals surface area contributed by atoms with Crippen LogP contribution in [0.3, 0.4) is 0 Å². The Bertz CT molecular complexity index is 2400. The maximum atomic E-state index is 6.70. The van der Waals surface area contributed by atoms with Crippen LogP contribution in [0.4, 0.5) is 17.1 Å². The van der Waals surface area contributed by atoms with Crippen molar-refractivity contribution in [2.75, 3.05) is 10.2 Å². The topological polar surface area (TPSA) is 50.3 Å². The van der Waals surface area contributed by atoms with E-state index >= 15 is 0 Å². The van der Waals surface area contributed by atoms with Crippen molar-refractivity contribution in [1.82, 2.24) is 9.97 Å². The minimum atomic E-state index is -0.190. The Hall–Kier alpha value is -6.20. The Balaban J connectivity index is 1.01. The lowest BCUT2D eigenvalue weighted by Gasteiger charge is -2.31. The van der Waals surface area contributed by atoms with E-state index < -0.39 is 0 Å². The van der Waals surface area contributed by atoms with Gasteiger partial charge in [0.05, 0.1) is 17.1 Å². The predicted molar refractivity (Wildman–Crippen MR) is 216 cm³/mol. The second-order valence-electron chi connectivity index (χ2n) is 14.5. The van der Waals surface area contributed by atoms with Gasteiger partial charge in [-0.2, -0.15) is 0 Å². The van der Waals surface area contributed by atoms with E-state index in [9.17, 15) is 0 Å². The largest absolute Gasteiger partial charge is 0.464 e. The number of ether oxygens (including phenoxy) is 1. The molecule has 2 aliphatic heterocycles. The van der Waals surface area contributed by atoms with Gasteiger partial charge >= 0.3 is 0 Å². The Morgan fingerprint density at radius 3 is 2.13 bits per heavy atom. The first-order valence-corrected chi connectivity index (χ1v) is 18.8. The monoisotopic (exact) mass is 688 g/mol. The van der Waals surface area contributed by atoms with Crippen LogP contribution in [0.5, 0.6) is 5.75 Å². The molecule has 10 rings (SSSR count). The summed E-state index contributed by atoms with van der Waals surface area (Å²) >= 11 is 0. The predicted octanol–water partition coefficient (Wildman–Crippen LogP) is 11.9. The molecule has 5 heteroatoms. The summed E-state index contributed by atoms with van der Waals surface area (Å²) in [5.74, 6) is 2.40. The van der Waals surface area contributed by atoms with Gasteiger partial charge in [-0.1, -0.05) is 134 Å². The van der Waals surface area contributed by atoms with Crippen molar-refractivity contribution >= 4 is 22.6 Å². The molecule has 0 spiro atoms. The van der Waals surface area contributed by atoms with Crippen molar-refractivity contribution in [1.29, 1.82) is 0 Å². The molecule has 4 unspecified atom stereocenters. The summed E-state index contributed by atoms with van der Waals surface area (Å²) in [5.41, 5.74) is 13.5. The van der Waals surface area contributed by atoms with Crippen LogP contribution in [-0.2, 0) is 0 Å². The highest BCUT2D eigenvalue weighted by Gasteiger charge is 2.43. The summed E-state index contributed by atoms with van der Waals surface area (Å²) in [6.07, 6.45) is 14.2. The lowest BCUT2D eigenvalue weighted by molar-refractivity contribution is 0.257. The number of hydrogen-bond acceptors (Lipinski definition) is 5. The highest BCUT2D eigenvalue weighted by molar-refractivity contribution is 5.83. The first kappa shape index (κ1) is 31.5. The van der Waals surface area contributed by atoms with Gasteiger partial charge in [-0.05, 0) is 72.2 Å². The average molecular weight is 689 g/mol. The summed E-state index contributed by atoms with van der Waals surface area (Å²) < 4.78 is 6.70. The molecule has 5 aromatic carbocycles. The molecule has 0 bridgehead atoms. The van der Waals surface area contributed by atoms with Crippen molar-refractivity contribution in [3.05, 3.63) is 175 Å². The molecule has 3 heterocycles. The summed E-state index contributed by atoms with van der Waals surface area (Å²) in [6.45, 7) is 2.26. The van der Waals surface area contributed by atoms with Crippen LogP contribution in [0.15, 0.2) is 158 Å². The molecule has 0 fully saturated rings. The van der Waals surface area contributed by atoms with Gasteiger partial charge < -0.3 is 15.0 Å². The molecule has 5 nitrogen and oxygen atoms in total. The molecule has 4 aliphatic rings. The van der Waals surface area contributed by atoms with Gasteiger partial charge in [0, 0.05) is 45.6 Å². The molecule has 0 radical (unpaired) electrons. The molecule has 1 aromatic heterocycles. The minimum absolute atomic E-state index is 0.190. The number of hydrogen-bond donors (Lipinski definition) is 1. The third-order valence-corrected chi connectivity index (χ3v) is 11.3. The SMILES string of the molecule is CC1CC=CC=C1c1nc(-c2ccc(-c3ccccc3)cc2)cc(-c2ccc(N3c4ccc5c(c4C4C=CCCC43)OC(c3ccccc3)N5)cc2)n1. The standard InChI is InChI=1S/C48H40N4O/c1-31-12-8-9-17-38(31)47-49-41(34-22-20-33(21-23-34)32-13-4-2-5-14-32)30-42(50-47)35-24-26-37(27-25-35)52-43-19-11-10-18-39(43)45-44(52)29-28-40-46(45)53-48(51-40)36-15-6-3-7-16-36/h2-10,13-18,20-31,39,43,48,51H,11-12,19H2,1H3. The Labute approximate surface area is 311 Å². The van der Waals surface area contributed by atoms with E-state index in [1.807, 2.05) is 6.07 Å². The maximum Gasteiger partial charge on any atom is 0.196 e. The average Bonchev–Trinajstić information content (AvgIpc) is 3.81. The molecule has 6 aromatic rings. The number of aromatic nitrogens is 2. The maximum absolute atomic E-state index is 6.70. The van der Waals surface area contributed by atoms with E-state index in [1.54, 1.807) is 0 Å². The Morgan fingerprint density at radius 2 is 1.40 bits per heavy atom. The zero-order chi connectivity index (χ0) is 35.3. The number of nitrogens with one attached hydrogen (secondary N) is 1. The van der Waals surface area contributed by atoms with Crippen LogP contribution in [0.1, 0.15) is 55.3 Å². The minimum Gasteiger partial charge on any atom is -0.464 e. The smallest absolute Gasteiger partial charge is 0.196 e. The van der Waals surface area contributed by atoms with Crippen LogP contribution in [0, 0.1) is 5.92 Å². The number of rotatable bonds is 6. The normalized spacial score (nSPS) is 20.9. The fourth-order valence-electron chi connectivity index (χ4n) is 8.50. The van der Waals surface area contributed by atoms with E-state index in [0.717, 1.165) is 64.6 Å². The molecule has 0 amide bonds. The van der Waals surface area contributed by atoms with Gasteiger partial charge in [0.2, 0.25) is 0 Å². The van der Waals surface area contributed by atoms with E-state index in [4.69, 9.17) is 14.7 Å². The highest BCUT2D eigenvalue weighted by Crippen LogP contribution is 2.56. The Morgan fingerprint density at radius 1 is 0.717 bits per heavy atom. The van der Waals surface area contributed by atoms with Gasteiger partial charge in [-0.3, -0.25) is 0 Å². The zero-order valence-electron chi connectivity index (χ0n) is 29.7. The first-order valence-electron chi connectivity index (χ1n) is 18.8. The van der Waals surface area contributed by atoms with Crippen LogP contribution < -0.4 is 15.0 Å². The van der Waals surface area contributed by atoms with Gasteiger partial charge in [0.1, 0.15) is 0 Å². The van der Waals surface area contributed by atoms with Crippen LogP contribution >= 0.6 is 0 Å². The van der Waals surface area contributed by atoms with E-state index in [0.29, 0.717) is 12.0 Å². The molecule has 0 saturated carbocycles. The number of nitrogens with zero attached hydrogens (tertiary/aromatic N) is 3. The summed E-state index contributed by atoms with van der Waals surface area (Å²) in [6, 6.07) is 45.6. The molecule has 2 aliphatic carbocycles. The molecule has 258 valence electrons. The number of benzene rings is 5. The van der Waals surface area contributed by atoms with Gasteiger partial charge in [-0.25, -0.2) is 9.97 Å². The van der Waals surface area contributed by atoms with Crippen molar-refractivity contribution in [3.63, 3.8) is 0 Å². The van der Waals surface area contributed by atoms with Crippen LogP contribution in [0.2, 0.25) is 0 Å². The summed E-state index contributed by atoms with van der Waals surface area (Å²) in [7, 11) is 0. The zero-order valence-corrected chi connectivity index (χ0v) is 29.7. The van der Waals surface area contributed by atoms with E-state index in [2.05, 4.69) is 169 Å². The first-order chi connectivity index (χ1) is 26.2. The Kier molecular flexibility index (Phi) is 7.79. The fraction of sp³-hybridized carbons (Fsp3) is 0.167. The second kappa shape index (κ2) is 13.1. The molecule has 53 heavy (non-hydrogen) atoms. The van der Waals surface area contributed by atoms with Crippen molar-refractivity contribution in [2.45, 2.75) is 44.4 Å². The van der Waals surface area contributed by atoms with Gasteiger partial charge in [0.15, 0.2) is 17.8 Å². The molecular weight excluding hydrogens is 649 g/mol. The fourth-order valence-corrected chi connectivity index (χ4v) is 8.50. The number of fused-ring (bicyclic) bond motifs is 5. The molecule has 4 atom stereocenters. The van der Waals surface area contributed by atoms with Gasteiger partial charge in [-0.15, -0.1) is 0 Å². The lowest BCUT2D eigenvalue weighted by atomic mass is 9.87. The number of allylic oxidation sites excluding steroid dienone is 5. The number of anilines is 3. The summed E-state index contributed by atoms with van der Waals surface area (Å²) in [4.78, 5) is 12.9.